The van der Waals surface area contributed by atoms with Gasteiger partial charge in [0.1, 0.15) is 0 Å². The molecule has 0 fully saturated rings. The minimum Gasteiger partial charge on any atom is -0.402 e. The molecule has 0 radical (unpaired) electrons. The first-order valence-corrected chi connectivity index (χ1v) is 3.37. The van der Waals surface area contributed by atoms with Crippen LogP contribution in [0.5, 0.6) is 0 Å². The van der Waals surface area contributed by atoms with Crippen LogP contribution in [0.1, 0.15) is 6.42 Å². The van der Waals surface area contributed by atoms with E-state index < -0.39 is 6.03 Å². The standard InChI is InChI=1S/C7H11N3O/c8-5-2-1-3-6(4-5)10-7(9)11/h1-3,6H,4,8H2,(H3,9,10,11). The molecule has 0 spiro atoms. The molecule has 0 heterocycles. The fourth-order valence-corrected chi connectivity index (χ4v) is 0.985. The average molecular weight is 153 g/mol. The number of allylic oxidation sites excluding steroid dienone is 2. The number of hydrogen-bond acceptors (Lipinski definition) is 2. The minimum absolute atomic E-state index is 0.0440. The second-order valence-corrected chi connectivity index (χ2v) is 2.45. The lowest BCUT2D eigenvalue weighted by Crippen LogP contribution is -2.38. The molecular formula is C7H11N3O. The third kappa shape index (κ3) is 2.33. The van der Waals surface area contributed by atoms with Gasteiger partial charge in [0, 0.05) is 12.1 Å². The molecule has 0 saturated heterocycles. The van der Waals surface area contributed by atoms with Crippen molar-refractivity contribution in [3.63, 3.8) is 0 Å². The smallest absolute Gasteiger partial charge is 0.312 e. The molecule has 0 aromatic rings. The predicted molar refractivity (Wildman–Crippen MR) is 42.5 cm³/mol. The quantitative estimate of drug-likeness (QED) is 0.488. The molecule has 4 heteroatoms. The third-order valence-electron chi connectivity index (χ3n) is 1.44. The zero-order valence-electron chi connectivity index (χ0n) is 6.08. The van der Waals surface area contributed by atoms with E-state index in [-0.39, 0.29) is 6.04 Å². The van der Waals surface area contributed by atoms with Crippen LogP contribution in [0.3, 0.4) is 0 Å². The van der Waals surface area contributed by atoms with Gasteiger partial charge in [-0.3, -0.25) is 0 Å². The normalized spacial score (nSPS) is 22.5. The highest BCUT2D eigenvalue weighted by atomic mass is 16.2. The molecule has 11 heavy (non-hydrogen) atoms. The Bertz CT molecular complexity index is 218. The Hall–Kier alpha value is -1.45. The molecular weight excluding hydrogens is 142 g/mol. The van der Waals surface area contributed by atoms with Crippen molar-refractivity contribution in [1.29, 1.82) is 0 Å². The molecule has 1 aliphatic rings. The summed E-state index contributed by atoms with van der Waals surface area (Å²) in [4.78, 5) is 10.4. The molecule has 0 bridgehead atoms. The van der Waals surface area contributed by atoms with Gasteiger partial charge < -0.3 is 16.8 Å². The van der Waals surface area contributed by atoms with Crippen molar-refractivity contribution in [2.24, 2.45) is 11.5 Å². The van der Waals surface area contributed by atoms with E-state index >= 15 is 0 Å². The second-order valence-electron chi connectivity index (χ2n) is 2.45. The van der Waals surface area contributed by atoms with E-state index in [1.165, 1.54) is 0 Å². The van der Waals surface area contributed by atoms with Crippen LogP contribution in [0.15, 0.2) is 23.9 Å². The number of rotatable bonds is 1. The number of nitrogens with two attached hydrogens (primary N) is 2. The Balaban J connectivity index is 2.46. The molecule has 1 aliphatic carbocycles. The summed E-state index contributed by atoms with van der Waals surface area (Å²) in [5, 5.41) is 2.54. The maximum Gasteiger partial charge on any atom is 0.312 e. The van der Waals surface area contributed by atoms with Crippen LogP contribution in [-0.2, 0) is 0 Å². The third-order valence-corrected chi connectivity index (χ3v) is 1.44. The molecule has 0 aliphatic heterocycles. The topological polar surface area (TPSA) is 81.1 Å². The lowest BCUT2D eigenvalue weighted by Gasteiger charge is -2.15. The highest BCUT2D eigenvalue weighted by Gasteiger charge is 2.09. The van der Waals surface area contributed by atoms with E-state index in [9.17, 15) is 4.79 Å². The van der Waals surface area contributed by atoms with E-state index in [4.69, 9.17) is 11.5 Å². The van der Waals surface area contributed by atoms with Gasteiger partial charge in [0.2, 0.25) is 0 Å². The van der Waals surface area contributed by atoms with E-state index in [2.05, 4.69) is 5.32 Å². The first-order valence-electron chi connectivity index (χ1n) is 3.37. The van der Waals surface area contributed by atoms with Crippen LogP contribution >= 0.6 is 0 Å². The maximum absolute atomic E-state index is 10.4. The van der Waals surface area contributed by atoms with Crippen LogP contribution in [-0.4, -0.2) is 12.1 Å². The van der Waals surface area contributed by atoms with Gasteiger partial charge in [-0.05, 0) is 6.08 Å². The van der Waals surface area contributed by atoms with Crippen molar-refractivity contribution < 1.29 is 4.79 Å². The Kier molecular flexibility index (Phi) is 2.15. The molecule has 1 unspecified atom stereocenters. The summed E-state index contributed by atoms with van der Waals surface area (Å²) in [6.07, 6.45) is 6.10. The summed E-state index contributed by atoms with van der Waals surface area (Å²) >= 11 is 0. The Morgan fingerprint density at radius 2 is 2.45 bits per heavy atom. The average Bonchev–Trinajstić information content (AvgIpc) is 1.85. The number of nitrogens with one attached hydrogen (secondary N) is 1. The minimum atomic E-state index is -0.519. The molecule has 1 atom stereocenters. The van der Waals surface area contributed by atoms with Gasteiger partial charge in [-0.1, -0.05) is 12.2 Å². The lowest BCUT2D eigenvalue weighted by atomic mass is 10.1. The Morgan fingerprint density at radius 3 is 3.00 bits per heavy atom. The first-order chi connectivity index (χ1) is 5.18. The zero-order chi connectivity index (χ0) is 8.27. The van der Waals surface area contributed by atoms with E-state index in [1.54, 1.807) is 12.2 Å². The van der Waals surface area contributed by atoms with E-state index in [0.717, 1.165) is 5.70 Å². The van der Waals surface area contributed by atoms with Crippen molar-refractivity contribution >= 4 is 6.03 Å². The fraction of sp³-hybridized carbons (Fsp3) is 0.286. The summed E-state index contributed by atoms with van der Waals surface area (Å²) < 4.78 is 0. The first kappa shape index (κ1) is 7.65. The number of primary amides is 1. The number of urea groups is 1. The molecule has 4 nitrogen and oxygen atoms in total. The van der Waals surface area contributed by atoms with Gasteiger partial charge in [0.05, 0.1) is 6.04 Å². The van der Waals surface area contributed by atoms with Crippen molar-refractivity contribution in [2.75, 3.05) is 0 Å². The largest absolute Gasteiger partial charge is 0.402 e. The summed E-state index contributed by atoms with van der Waals surface area (Å²) in [5.74, 6) is 0. The van der Waals surface area contributed by atoms with Gasteiger partial charge in [-0.25, -0.2) is 4.79 Å². The lowest BCUT2D eigenvalue weighted by molar-refractivity contribution is 0.247. The van der Waals surface area contributed by atoms with Gasteiger partial charge in [-0.2, -0.15) is 0 Å². The van der Waals surface area contributed by atoms with E-state index in [0.29, 0.717) is 6.42 Å². The Labute approximate surface area is 64.9 Å². The van der Waals surface area contributed by atoms with Crippen LogP contribution in [0.25, 0.3) is 0 Å². The highest BCUT2D eigenvalue weighted by Crippen LogP contribution is 2.06. The number of carbonyl (C=O) groups is 1. The molecule has 5 N–H and O–H groups in total. The van der Waals surface area contributed by atoms with Crippen molar-refractivity contribution in [1.82, 2.24) is 5.32 Å². The number of hydrogen-bond donors (Lipinski definition) is 3. The second kappa shape index (κ2) is 3.09. The molecule has 60 valence electrons. The molecule has 1 rings (SSSR count). The van der Waals surface area contributed by atoms with Crippen LogP contribution < -0.4 is 16.8 Å². The molecule has 0 aromatic carbocycles. The fourth-order valence-electron chi connectivity index (χ4n) is 0.985. The van der Waals surface area contributed by atoms with Crippen molar-refractivity contribution in [2.45, 2.75) is 12.5 Å². The highest BCUT2D eigenvalue weighted by molar-refractivity contribution is 5.72. The summed E-state index contributed by atoms with van der Waals surface area (Å²) in [7, 11) is 0. The van der Waals surface area contributed by atoms with Crippen LogP contribution in [0, 0.1) is 0 Å². The zero-order valence-corrected chi connectivity index (χ0v) is 6.08. The van der Waals surface area contributed by atoms with E-state index in [1.807, 2.05) is 6.08 Å². The monoisotopic (exact) mass is 153 g/mol. The summed E-state index contributed by atoms with van der Waals surface area (Å²) in [6, 6.07) is -0.563. The van der Waals surface area contributed by atoms with Gasteiger partial charge in [0.15, 0.2) is 0 Å². The van der Waals surface area contributed by atoms with Crippen LogP contribution in [0.4, 0.5) is 4.79 Å². The number of amides is 2. The van der Waals surface area contributed by atoms with Gasteiger partial charge >= 0.3 is 6.03 Å². The van der Waals surface area contributed by atoms with Gasteiger partial charge in [0.25, 0.3) is 0 Å². The van der Waals surface area contributed by atoms with Crippen LogP contribution in [0.2, 0.25) is 0 Å². The van der Waals surface area contributed by atoms with Gasteiger partial charge in [-0.15, -0.1) is 0 Å². The van der Waals surface area contributed by atoms with Crippen molar-refractivity contribution in [3.8, 4) is 0 Å². The Morgan fingerprint density at radius 1 is 1.73 bits per heavy atom. The molecule has 0 aromatic heterocycles. The van der Waals surface area contributed by atoms with Crippen molar-refractivity contribution in [3.05, 3.63) is 23.9 Å². The maximum atomic E-state index is 10.4. The number of carbonyl (C=O) groups excluding carboxylic acids is 1. The predicted octanol–water partition coefficient (Wildman–Crippen LogP) is -0.174. The molecule has 2 amide bonds. The summed E-state index contributed by atoms with van der Waals surface area (Å²) in [5.41, 5.74) is 11.2. The molecule has 0 saturated carbocycles. The summed E-state index contributed by atoms with van der Waals surface area (Å²) in [6.45, 7) is 0. The SMILES string of the molecule is NC(=O)NC1C=CC=C(N)C1.